The second-order valence-corrected chi connectivity index (χ2v) is 3.34. The maximum Gasteiger partial charge on any atom is 0.0404 e. The zero-order chi connectivity index (χ0) is 9.40. The minimum atomic E-state index is 0.622. The minimum Gasteiger partial charge on any atom is -0.300 e. The average Bonchev–Trinajstić information content (AvgIpc) is 2.07. The summed E-state index contributed by atoms with van der Waals surface area (Å²) in [5, 5.41) is 0. The van der Waals surface area contributed by atoms with E-state index in [2.05, 4.69) is 31.9 Å². The zero-order valence-electron chi connectivity index (χ0n) is 8.39. The Kier molecular flexibility index (Phi) is 7.62. The van der Waals surface area contributed by atoms with Gasteiger partial charge in [-0.1, -0.05) is 26.0 Å². The molecule has 0 aromatic rings. The highest BCUT2D eigenvalue weighted by Gasteiger charge is 2.07. The van der Waals surface area contributed by atoms with E-state index in [0.29, 0.717) is 11.9 Å². The first-order chi connectivity index (χ1) is 5.76. The van der Waals surface area contributed by atoms with Crippen molar-refractivity contribution >= 4 is 11.6 Å². The molecule has 0 fully saturated rings. The van der Waals surface area contributed by atoms with Crippen molar-refractivity contribution in [3.8, 4) is 0 Å². The van der Waals surface area contributed by atoms with Crippen molar-refractivity contribution < 1.29 is 0 Å². The van der Waals surface area contributed by atoms with E-state index in [1.807, 2.05) is 6.08 Å². The van der Waals surface area contributed by atoms with Gasteiger partial charge in [-0.3, -0.25) is 4.90 Å². The molecule has 0 radical (unpaired) electrons. The van der Waals surface area contributed by atoms with E-state index in [-0.39, 0.29) is 0 Å². The lowest BCUT2D eigenvalue weighted by Crippen LogP contribution is -2.30. The number of hydrogen-bond donors (Lipinski definition) is 0. The van der Waals surface area contributed by atoms with Crippen LogP contribution in [0.1, 0.15) is 26.7 Å². The first-order valence-electron chi connectivity index (χ1n) is 4.67. The number of alkyl halides is 1. The predicted molar refractivity (Wildman–Crippen MR) is 56.9 cm³/mol. The van der Waals surface area contributed by atoms with Crippen molar-refractivity contribution in [3.63, 3.8) is 0 Å². The molecular weight excluding hydrogens is 170 g/mol. The van der Waals surface area contributed by atoms with Crippen molar-refractivity contribution in [3.05, 3.63) is 12.2 Å². The molecule has 0 aromatic heterocycles. The summed E-state index contributed by atoms with van der Waals surface area (Å²) in [4.78, 5) is 2.36. The number of hydrogen-bond acceptors (Lipinski definition) is 1. The van der Waals surface area contributed by atoms with E-state index >= 15 is 0 Å². The fourth-order valence-corrected chi connectivity index (χ4v) is 1.49. The van der Waals surface area contributed by atoms with Crippen LogP contribution in [0, 0.1) is 0 Å². The van der Waals surface area contributed by atoms with Crippen molar-refractivity contribution in [2.75, 3.05) is 19.5 Å². The smallest absolute Gasteiger partial charge is 0.0404 e. The Hall–Kier alpha value is -0.0100. The van der Waals surface area contributed by atoms with Gasteiger partial charge in [-0.25, -0.2) is 0 Å². The highest BCUT2D eigenvalue weighted by Crippen LogP contribution is 2.05. The fraction of sp³-hybridized carbons (Fsp3) is 0.800. The molecule has 0 unspecified atom stereocenters. The van der Waals surface area contributed by atoms with E-state index in [0.717, 1.165) is 6.54 Å². The highest BCUT2D eigenvalue weighted by molar-refractivity contribution is 6.18. The lowest BCUT2D eigenvalue weighted by Gasteiger charge is -2.24. The topological polar surface area (TPSA) is 3.24 Å². The van der Waals surface area contributed by atoms with Gasteiger partial charge in [-0.2, -0.15) is 0 Å². The molecular formula is C10H20ClN. The summed E-state index contributed by atoms with van der Waals surface area (Å²) in [6.45, 7) is 5.48. The Bertz CT molecular complexity index is 119. The summed E-state index contributed by atoms with van der Waals surface area (Å²) < 4.78 is 0. The molecule has 0 heterocycles. The molecule has 0 aromatic carbocycles. The van der Waals surface area contributed by atoms with Gasteiger partial charge in [0.15, 0.2) is 0 Å². The van der Waals surface area contributed by atoms with Gasteiger partial charge in [0.1, 0.15) is 0 Å². The number of halogens is 1. The van der Waals surface area contributed by atoms with Crippen LogP contribution in [0.25, 0.3) is 0 Å². The second-order valence-electron chi connectivity index (χ2n) is 3.04. The summed E-state index contributed by atoms with van der Waals surface area (Å²) in [6.07, 6.45) is 6.58. The van der Waals surface area contributed by atoms with Crippen LogP contribution in [0.4, 0.5) is 0 Å². The molecule has 0 amide bonds. The normalized spacial score (nSPS) is 12.2. The summed E-state index contributed by atoms with van der Waals surface area (Å²) in [7, 11) is 2.16. The number of likely N-dealkylation sites (N-methyl/N-ethyl adjacent to an activating group) is 1. The number of nitrogens with zero attached hydrogens (tertiary/aromatic N) is 1. The maximum absolute atomic E-state index is 5.53. The van der Waals surface area contributed by atoms with E-state index in [1.165, 1.54) is 12.8 Å². The summed E-state index contributed by atoms with van der Waals surface area (Å²) >= 11 is 5.53. The van der Waals surface area contributed by atoms with Gasteiger partial charge in [0.25, 0.3) is 0 Å². The van der Waals surface area contributed by atoms with Crippen molar-refractivity contribution in [2.24, 2.45) is 0 Å². The van der Waals surface area contributed by atoms with Gasteiger partial charge in [0.05, 0.1) is 0 Å². The Balaban J connectivity index is 3.68. The van der Waals surface area contributed by atoms with E-state index < -0.39 is 0 Å². The van der Waals surface area contributed by atoms with Crippen molar-refractivity contribution in [1.82, 2.24) is 4.90 Å². The molecule has 0 aliphatic rings. The van der Waals surface area contributed by atoms with Gasteiger partial charge in [-0.15, -0.1) is 11.6 Å². The largest absolute Gasteiger partial charge is 0.300 e. The van der Waals surface area contributed by atoms with E-state index in [4.69, 9.17) is 11.6 Å². The standard InChI is InChI=1S/C10H20ClN/c1-4-10(5-2)12(3)9-7-6-8-11/h6-7,10H,4-5,8-9H2,1-3H3. The van der Waals surface area contributed by atoms with Crippen LogP contribution in [-0.2, 0) is 0 Å². The first kappa shape index (κ1) is 12.0. The van der Waals surface area contributed by atoms with Crippen LogP contribution in [-0.4, -0.2) is 30.4 Å². The van der Waals surface area contributed by atoms with Crippen LogP contribution < -0.4 is 0 Å². The van der Waals surface area contributed by atoms with Crippen LogP contribution in [0.5, 0.6) is 0 Å². The predicted octanol–water partition coefficient (Wildman–Crippen LogP) is 2.90. The monoisotopic (exact) mass is 189 g/mol. The number of allylic oxidation sites excluding steroid dienone is 1. The molecule has 0 rings (SSSR count). The van der Waals surface area contributed by atoms with Crippen molar-refractivity contribution in [2.45, 2.75) is 32.7 Å². The molecule has 0 bridgehead atoms. The molecule has 2 heteroatoms. The highest BCUT2D eigenvalue weighted by atomic mass is 35.5. The van der Waals surface area contributed by atoms with Crippen LogP contribution >= 0.6 is 11.6 Å². The van der Waals surface area contributed by atoms with Gasteiger partial charge in [0.2, 0.25) is 0 Å². The fourth-order valence-electron chi connectivity index (χ4n) is 1.36. The minimum absolute atomic E-state index is 0.622. The summed E-state index contributed by atoms with van der Waals surface area (Å²) in [5.74, 6) is 0.622. The third-order valence-corrected chi connectivity index (χ3v) is 2.39. The molecule has 72 valence electrons. The Morgan fingerprint density at radius 2 is 1.83 bits per heavy atom. The quantitative estimate of drug-likeness (QED) is 0.459. The zero-order valence-corrected chi connectivity index (χ0v) is 9.14. The Morgan fingerprint density at radius 3 is 2.25 bits per heavy atom. The Labute approximate surface area is 81.4 Å². The van der Waals surface area contributed by atoms with Crippen molar-refractivity contribution in [1.29, 1.82) is 0 Å². The van der Waals surface area contributed by atoms with Crippen LogP contribution in [0.3, 0.4) is 0 Å². The van der Waals surface area contributed by atoms with Gasteiger partial charge in [-0.05, 0) is 19.9 Å². The first-order valence-corrected chi connectivity index (χ1v) is 5.20. The van der Waals surface area contributed by atoms with Crippen LogP contribution in [0.2, 0.25) is 0 Å². The third kappa shape index (κ3) is 4.78. The molecule has 0 saturated carbocycles. The third-order valence-electron chi connectivity index (χ3n) is 2.21. The second kappa shape index (κ2) is 7.63. The van der Waals surface area contributed by atoms with E-state index in [9.17, 15) is 0 Å². The van der Waals surface area contributed by atoms with Gasteiger partial charge >= 0.3 is 0 Å². The molecule has 0 aliphatic carbocycles. The SMILES string of the molecule is CCC(CC)N(C)CC=CCCl. The van der Waals surface area contributed by atoms with Gasteiger partial charge in [0, 0.05) is 18.5 Å². The van der Waals surface area contributed by atoms with E-state index in [1.54, 1.807) is 0 Å². The molecule has 0 N–H and O–H groups in total. The molecule has 1 nitrogen and oxygen atoms in total. The van der Waals surface area contributed by atoms with Gasteiger partial charge < -0.3 is 0 Å². The number of rotatable bonds is 6. The molecule has 0 saturated heterocycles. The summed E-state index contributed by atoms with van der Waals surface area (Å²) in [6, 6.07) is 0.713. The Morgan fingerprint density at radius 1 is 1.25 bits per heavy atom. The lowest BCUT2D eigenvalue weighted by atomic mass is 10.1. The lowest BCUT2D eigenvalue weighted by molar-refractivity contribution is 0.253. The average molecular weight is 190 g/mol. The molecule has 0 atom stereocenters. The molecule has 0 aliphatic heterocycles. The summed E-state index contributed by atoms with van der Waals surface area (Å²) in [5.41, 5.74) is 0. The molecule has 12 heavy (non-hydrogen) atoms. The molecule has 0 spiro atoms. The van der Waals surface area contributed by atoms with Crippen LogP contribution in [0.15, 0.2) is 12.2 Å². The maximum atomic E-state index is 5.53.